The minimum Gasteiger partial charge on any atom is -0.398 e. The third-order valence-electron chi connectivity index (χ3n) is 1.61. The van der Waals surface area contributed by atoms with Crippen LogP contribution in [-0.4, -0.2) is 0 Å². The maximum Gasteiger partial charge on any atom is 0.148 e. The fraction of sp³-hybridized carbons (Fsp3) is 0.125. The second kappa shape index (κ2) is 2.78. The fourth-order valence-corrected chi connectivity index (χ4v) is 0.838. The number of nitrogens with two attached hydrogens (primary N) is 1. The summed E-state index contributed by atoms with van der Waals surface area (Å²) < 4.78 is 25.7. The molecule has 0 amide bonds. The molecule has 0 spiro atoms. The summed E-state index contributed by atoms with van der Waals surface area (Å²) in [7, 11) is 0. The first-order chi connectivity index (χ1) is 5.57. The van der Waals surface area contributed by atoms with Gasteiger partial charge in [-0.05, 0) is 13.0 Å². The van der Waals surface area contributed by atoms with Crippen molar-refractivity contribution >= 4 is 5.69 Å². The fourth-order valence-electron chi connectivity index (χ4n) is 0.838. The quantitative estimate of drug-likeness (QED) is 0.599. The monoisotopic (exact) mass is 168 g/mol. The van der Waals surface area contributed by atoms with Crippen LogP contribution in [0, 0.1) is 29.9 Å². The van der Waals surface area contributed by atoms with Gasteiger partial charge in [-0.25, -0.2) is 8.78 Å². The van der Waals surface area contributed by atoms with E-state index in [2.05, 4.69) is 0 Å². The number of hydrogen-bond donors (Lipinski definition) is 1. The molecule has 0 atom stereocenters. The van der Waals surface area contributed by atoms with Crippen LogP contribution in [0.15, 0.2) is 6.07 Å². The van der Waals surface area contributed by atoms with Crippen molar-refractivity contribution in [3.63, 3.8) is 0 Å². The Hall–Kier alpha value is -1.63. The largest absolute Gasteiger partial charge is 0.398 e. The van der Waals surface area contributed by atoms with E-state index >= 15 is 0 Å². The van der Waals surface area contributed by atoms with Gasteiger partial charge < -0.3 is 5.73 Å². The zero-order valence-corrected chi connectivity index (χ0v) is 6.36. The molecular weight excluding hydrogens is 162 g/mol. The van der Waals surface area contributed by atoms with Crippen molar-refractivity contribution in [2.24, 2.45) is 0 Å². The summed E-state index contributed by atoms with van der Waals surface area (Å²) in [6, 6.07) is 2.37. The molecular formula is C8H6F2N2. The van der Waals surface area contributed by atoms with E-state index in [-0.39, 0.29) is 11.3 Å². The van der Waals surface area contributed by atoms with Crippen molar-refractivity contribution in [1.82, 2.24) is 0 Å². The highest BCUT2D eigenvalue weighted by Gasteiger charge is 2.13. The number of rotatable bonds is 0. The molecule has 62 valence electrons. The van der Waals surface area contributed by atoms with E-state index < -0.39 is 17.2 Å². The maximum absolute atomic E-state index is 13.0. The molecule has 0 saturated carbocycles. The Morgan fingerprint density at radius 3 is 2.58 bits per heavy atom. The lowest BCUT2D eigenvalue weighted by Crippen LogP contribution is -1.99. The minimum atomic E-state index is -0.918. The van der Waals surface area contributed by atoms with E-state index in [1.807, 2.05) is 0 Å². The lowest BCUT2D eigenvalue weighted by molar-refractivity contribution is 0.572. The van der Waals surface area contributed by atoms with Gasteiger partial charge in [0.2, 0.25) is 0 Å². The van der Waals surface area contributed by atoms with Crippen LogP contribution < -0.4 is 5.73 Å². The van der Waals surface area contributed by atoms with Crippen molar-refractivity contribution in [2.75, 3.05) is 5.73 Å². The number of anilines is 1. The lowest BCUT2D eigenvalue weighted by Gasteiger charge is -2.03. The number of nitrogens with zero attached hydrogens (tertiary/aromatic N) is 1. The van der Waals surface area contributed by atoms with Gasteiger partial charge >= 0.3 is 0 Å². The number of nitrogen functional groups attached to an aromatic ring is 1. The van der Waals surface area contributed by atoms with E-state index in [0.717, 1.165) is 6.07 Å². The molecule has 2 N–H and O–H groups in total. The summed E-state index contributed by atoms with van der Waals surface area (Å²) in [4.78, 5) is 0. The number of benzene rings is 1. The molecule has 4 heteroatoms. The number of nitriles is 1. The summed E-state index contributed by atoms with van der Waals surface area (Å²) in [5.74, 6) is -1.80. The summed E-state index contributed by atoms with van der Waals surface area (Å²) in [6.07, 6.45) is 0. The summed E-state index contributed by atoms with van der Waals surface area (Å²) in [5.41, 5.74) is 4.80. The third kappa shape index (κ3) is 1.10. The van der Waals surface area contributed by atoms with Crippen LogP contribution in [0.3, 0.4) is 0 Å². The Morgan fingerprint density at radius 1 is 1.50 bits per heavy atom. The lowest BCUT2D eigenvalue weighted by atomic mass is 10.1. The third-order valence-corrected chi connectivity index (χ3v) is 1.61. The smallest absolute Gasteiger partial charge is 0.148 e. The Balaban J connectivity index is 3.54. The zero-order valence-electron chi connectivity index (χ0n) is 6.36. The summed E-state index contributed by atoms with van der Waals surface area (Å²) in [6.45, 7) is 1.39. The van der Waals surface area contributed by atoms with Crippen LogP contribution in [0.1, 0.15) is 11.1 Å². The highest BCUT2D eigenvalue weighted by Crippen LogP contribution is 2.21. The van der Waals surface area contributed by atoms with Crippen molar-refractivity contribution in [3.05, 3.63) is 28.8 Å². The van der Waals surface area contributed by atoms with Crippen molar-refractivity contribution in [2.45, 2.75) is 6.92 Å². The standard InChI is InChI=1S/C8H6F2N2/c1-4-7(12)2-6(9)5(3-11)8(4)10/h2H,12H2,1H3. The van der Waals surface area contributed by atoms with Gasteiger partial charge in [0.25, 0.3) is 0 Å². The average molecular weight is 168 g/mol. The van der Waals surface area contributed by atoms with Crippen LogP contribution in [0.5, 0.6) is 0 Å². The second-order valence-electron chi connectivity index (χ2n) is 2.37. The van der Waals surface area contributed by atoms with Crippen LogP contribution in [-0.2, 0) is 0 Å². The molecule has 0 saturated heterocycles. The Kier molecular flexibility index (Phi) is 1.96. The van der Waals surface area contributed by atoms with Gasteiger partial charge in [0, 0.05) is 11.3 Å². The average Bonchev–Trinajstić information content (AvgIpc) is 2.01. The van der Waals surface area contributed by atoms with Crippen LogP contribution in [0.4, 0.5) is 14.5 Å². The van der Waals surface area contributed by atoms with Crippen molar-refractivity contribution < 1.29 is 8.78 Å². The molecule has 0 bridgehead atoms. The first-order valence-electron chi connectivity index (χ1n) is 3.22. The predicted molar refractivity (Wildman–Crippen MR) is 40.2 cm³/mol. The van der Waals surface area contributed by atoms with Crippen LogP contribution in [0.25, 0.3) is 0 Å². The maximum atomic E-state index is 13.0. The van der Waals surface area contributed by atoms with Gasteiger partial charge in [0.05, 0.1) is 0 Å². The predicted octanol–water partition coefficient (Wildman–Crippen LogP) is 1.73. The van der Waals surface area contributed by atoms with Crippen LogP contribution >= 0.6 is 0 Å². The molecule has 1 aromatic carbocycles. The molecule has 0 heterocycles. The zero-order chi connectivity index (χ0) is 9.30. The molecule has 0 radical (unpaired) electrons. The highest BCUT2D eigenvalue weighted by atomic mass is 19.1. The van der Waals surface area contributed by atoms with Gasteiger partial charge in [-0.3, -0.25) is 0 Å². The van der Waals surface area contributed by atoms with E-state index in [9.17, 15) is 8.78 Å². The minimum absolute atomic E-state index is 0.0176. The highest BCUT2D eigenvalue weighted by molar-refractivity contribution is 5.52. The number of halogens is 2. The molecule has 0 aliphatic rings. The molecule has 12 heavy (non-hydrogen) atoms. The topological polar surface area (TPSA) is 49.8 Å². The van der Waals surface area contributed by atoms with Crippen molar-refractivity contribution in [1.29, 1.82) is 5.26 Å². The molecule has 0 aromatic heterocycles. The molecule has 1 rings (SSSR count). The Labute approximate surface area is 68.2 Å². The molecule has 0 aliphatic heterocycles. The van der Waals surface area contributed by atoms with Gasteiger partial charge in [0.1, 0.15) is 23.3 Å². The van der Waals surface area contributed by atoms with Gasteiger partial charge in [0.15, 0.2) is 0 Å². The van der Waals surface area contributed by atoms with Gasteiger partial charge in [-0.2, -0.15) is 5.26 Å². The van der Waals surface area contributed by atoms with Crippen LogP contribution in [0.2, 0.25) is 0 Å². The van der Waals surface area contributed by atoms with Gasteiger partial charge in [-0.15, -0.1) is 0 Å². The first-order valence-corrected chi connectivity index (χ1v) is 3.22. The molecule has 0 fully saturated rings. The SMILES string of the molecule is Cc1c(N)cc(F)c(C#N)c1F. The first kappa shape index (κ1) is 8.47. The molecule has 2 nitrogen and oxygen atoms in total. The summed E-state index contributed by atoms with van der Waals surface area (Å²) in [5, 5.41) is 8.34. The second-order valence-corrected chi connectivity index (χ2v) is 2.37. The Morgan fingerprint density at radius 2 is 2.08 bits per heavy atom. The number of hydrogen-bond acceptors (Lipinski definition) is 2. The summed E-state index contributed by atoms with van der Waals surface area (Å²) >= 11 is 0. The Bertz CT molecular complexity index is 366. The van der Waals surface area contributed by atoms with Gasteiger partial charge in [-0.1, -0.05) is 0 Å². The molecule has 0 unspecified atom stereocenters. The normalized spacial score (nSPS) is 9.50. The molecule has 1 aromatic rings. The van der Waals surface area contributed by atoms with E-state index in [0.29, 0.717) is 0 Å². The van der Waals surface area contributed by atoms with E-state index in [4.69, 9.17) is 11.0 Å². The van der Waals surface area contributed by atoms with E-state index in [1.54, 1.807) is 0 Å². The van der Waals surface area contributed by atoms with E-state index in [1.165, 1.54) is 13.0 Å². The molecule has 0 aliphatic carbocycles. The van der Waals surface area contributed by atoms with Crippen molar-refractivity contribution in [3.8, 4) is 6.07 Å².